The summed E-state index contributed by atoms with van der Waals surface area (Å²) in [6.45, 7) is 5.09. The average molecular weight is 212 g/mol. The number of anilines is 1. The number of rotatable bonds is 3. The Morgan fingerprint density at radius 3 is 2.38 bits per heavy atom. The second-order valence-corrected chi connectivity index (χ2v) is 3.83. The van der Waals surface area contributed by atoms with Crippen LogP contribution >= 0.6 is 0 Å². The molecule has 2 nitrogen and oxygen atoms in total. The van der Waals surface area contributed by atoms with Crippen molar-refractivity contribution in [2.75, 3.05) is 11.9 Å². The number of aryl methyl sites for hydroxylation is 1. The number of nitrogens with zero attached hydrogens (tertiary/aromatic N) is 1. The highest BCUT2D eigenvalue weighted by atomic mass is 14.9. The Bertz CT molecular complexity index is 443. The van der Waals surface area contributed by atoms with Crippen molar-refractivity contribution in [1.29, 1.82) is 0 Å². The summed E-state index contributed by atoms with van der Waals surface area (Å²) in [6, 6.07) is 12.5. The standard InChI is InChI=1S/C14H16N2/c1-3-15-13-8-9-14(16-10-13)12-6-4-11(2)5-7-12/h4-10,15H,3H2,1-2H3. The number of nitrogens with one attached hydrogen (secondary N) is 1. The van der Waals surface area contributed by atoms with Gasteiger partial charge in [-0.15, -0.1) is 0 Å². The fraction of sp³-hybridized carbons (Fsp3) is 0.214. The van der Waals surface area contributed by atoms with Crippen LogP contribution in [0.1, 0.15) is 12.5 Å². The normalized spacial score (nSPS) is 10.1. The second-order valence-electron chi connectivity index (χ2n) is 3.83. The summed E-state index contributed by atoms with van der Waals surface area (Å²) in [6.07, 6.45) is 1.87. The van der Waals surface area contributed by atoms with Crippen LogP contribution in [0.25, 0.3) is 11.3 Å². The molecular weight excluding hydrogens is 196 g/mol. The van der Waals surface area contributed by atoms with Crippen molar-refractivity contribution >= 4 is 5.69 Å². The minimum absolute atomic E-state index is 0.922. The van der Waals surface area contributed by atoms with Crippen LogP contribution in [0.5, 0.6) is 0 Å². The molecule has 16 heavy (non-hydrogen) atoms. The van der Waals surface area contributed by atoms with Crippen molar-refractivity contribution in [3.05, 3.63) is 48.2 Å². The Morgan fingerprint density at radius 2 is 1.81 bits per heavy atom. The molecule has 2 aromatic rings. The third-order valence-electron chi connectivity index (χ3n) is 2.49. The molecule has 0 saturated heterocycles. The van der Waals surface area contributed by atoms with E-state index in [0.717, 1.165) is 23.5 Å². The number of aromatic nitrogens is 1. The predicted octanol–water partition coefficient (Wildman–Crippen LogP) is 3.49. The quantitative estimate of drug-likeness (QED) is 0.842. The Kier molecular flexibility index (Phi) is 3.20. The van der Waals surface area contributed by atoms with Crippen LogP contribution in [0.3, 0.4) is 0 Å². The zero-order valence-electron chi connectivity index (χ0n) is 9.70. The van der Waals surface area contributed by atoms with Gasteiger partial charge in [0.25, 0.3) is 0 Å². The summed E-state index contributed by atoms with van der Waals surface area (Å²) in [5, 5.41) is 3.23. The van der Waals surface area contributed by atoms with Crippen molar-refractivity contribution < 1.29 is 0 Å². The third kappa shape index (κ3) is 2.40. The molecule has 2 heteroatoms. The topological polar surface area (TPSA) is 24.9 Å². The molecule has 0 fully saturated rings. The maximum Gasteiger partial charge on any atom is 0.0703 e. The molecule has 2 rings (SSSR count). The van der Waals surface area contributed by atoms with Crippen LogP contribution in [0.2, 0.25) is 0 Å². The summed E-state index contributed by atoms with van der Waals surface area (Å²) < 4.78 is 0. The molecule has 1 heterocycles. The van der Waals surface area contributed by atoms with E-state index in [9.17, 15) is 0 Å². The lowest BCUT2D eigenvalue weighted by atomic mass is 10.1. The first-order chi connectivity index (χ1) is 7.79. The number of pyridine rings is 1. The molecule has 0 aliphatic rings. The minimum atomic E-state index is 0.922. The Hall–Kier alpha value is -1.83. The van der Waals surface area contributed by atoms with Crippen molar-refractivity contribution in [3.63, 3.8) is 0 Å². The smallest absolute Gasteiger partial charge is 0.0703 e. The maximum atomic E-state index is 4.43. The molecule has 0 saturated carbocycles. The van der Waals surface area contributed by atoms with E-state index in [4.69, 9.17) is 0 Å². The van der Waals surface area contributed by atoms with Crippen LogP contribution in [0, 0.1) is 6.92 Å². The Balaban J connectivity index is 2.24. The van der Waals surface area contributed by atoms with Gasteiger partial charge in [-0.1, -0.05) is 29.8 Å². The lowest BCUT2D eigenvalue weighted by molar-refractivity contribution is 1.19. The molecule has 0 unspecified atom stereocenters. The number of benzene rings is 1. The Labute approximate surface area is 96.4 Å². The van der Waals surface area contributed by atoms with Gasteiger partial charge in [0, 0.05) is 12.1 Å². The number of hydrogen-bond donors (Lipinski definition) is 1. The van der Waals surface area contributed by atoms with Crippen molar-refractivity contribution in [2.24, 2.45) is 0 Å². The molecule has 1 aromatic carbocycles. The first-order valence-corrected chi connectivity index (χ1v) is 5.56. The van der Waals surface area contributed by atoms with Gasteiger partial charge in [0.15, 0.2) is 0 Å². The van der Waals surface area contributed by atoms with Gasteiger partial charge in [-0.3, -0.25) is 4.98 Å². The lowest BCUT2D eigenvalue weighted by Gasteiger charge is -2.04. The van der Waals surface area contributed by atoms with Gasteiger partial charge >= 0.3 is 0 Å². The van der Waals surface area contributed by atoms with E-state index in [1.807, 2.05) is 12.3 Å². The van der Waals surface area contributed by atoms with Crippen LogP contribution in [0.4, 0.5) is 5.69 Å². The van der Waals surface area contributed by atoms with E-state index < -0.39 is 0 Å². The van der Waals surface area contributed by atoms with Gasteiger partial charge in [-0.05, 0) is 26.0 Å². The van der Waals surface area contributed by atoms with Gasteiger partial charge in [0.2, 0.25) is 0 Å². The summed E-state index contributed by atoms with van der Waals surface area (Å²) >= 11 is 0. The van der Waals surface area contributed by atoms with Gasteiger partial charge in [-0.2, -0.15) is 0 Å². The summed E-state index contributed by atoms with van der Waals surface area (Å²) in [7, 11) is 0. The molecule has 0 radical (unpaired) electrons. The van der Waals surface area contributed by atoms with Crippen LogP contribution in [0.15, 0.2) is 42.6 Å². The zero-order chi connectivity index (χ0) is 11.4. The highest BCUT2D eigenvalue weighted by Gasteiger charge is 1.98. The molecule has 0 spiro atoms. The van der Waals surface area contributed by atoms with E-state index in [-0.39, 0.29) is 0 Å². The van der Waals surface area contributed by atoms with Crippen molar-refractivity contribution in [1.82, 2.24) is 4.98 Å². The van der Waals surface area contributed by atoms with E-state index in [0.29, 0.717) is 0 Å². The van der Waals surface area contributed by atoms with Crippen LogP contribution in [-0.4, -0.2) is 11.5 Å². The first kappa shape index (κ1) is 10.7. The maximum absolute atomic E-state index is 4.43. The van der Waals surface area contributed by atoms with E-state index in [1.54, 1.807) is 0 Å². The predicted molar refractivity (Wildman–Crippen MR) is 68.6 cm³/mol. The van der Waals surface area contributed by atoms with Gasteiger partial charge in [-0.25, -0.2) is 0 Å². The highest BCUT2D eigenvalue weighted by molar-refractivity contribution is 5.61. The van der Waals surface area contributed by atoms with Gasteiger partial charge in [0.05, 0.1) is 17.6 Å². The summed E-state index contributed by atoms with van der Waals surface area (Å²) in [5.74, 6) is 0. The fourth-order valence-corrected chi connectivity index (χ4v) is 1.60. The van der Waals surface area contributed by atoms with Gasteiger partial charge < -0.3 is 5.32 Å². The second kappa shape index (κ2) is 4.79. The first-order valence-electron chi connectivity index (χ1n) is 5.56. The van der Waals surface area contributed by atoms with Crippen molar-refractivity contribution in [2.45, 2.75) is 13.8 Å². The third-order valence-corrected chi connectivity index (χ3v) is 2.49. The molecule has 0 aliphatic heterocycles. The fourth-order valence-electron chi connectivity index (χ4n) is 1.60. The van der Waals surface area contributed by atoms with Crippen molar-refractivity contribution in [3.8, 4) is 11.3 Å². The monoisotopic (exact) mass is 212 g/mol. The average Bonchev–Trinajstić information content (AvgIpc) is 2.32. The van der Waals surface area contributed by atoms with E-state index in [2.05, 4.69) is 54.5 Å². The van der Waals surface area contributed by atoms with Crippen LogP contribution in [-0.2, 0) is 0 Å². The van der Waals surface area contributed by atoms with E-state index >= 15 is 0 Å². The SMILES string of the molecule is CCNc1ccc(-c2ccc(C)cc2)nc1. The Morgan fingerprint density at radius 1 is 1.06 bits per heavy atom. The molecule has 0 aliphatic carbocycles. The molecule has 0 atom stereocenters. The summed E-state index contributed by atoms with van der Waals surface area (Å²) in [4.78, 5) is 4.43. The zero-order valence-corrected chi connectivity index (χ0v) is 9.70. The molecule has 82 valence electrons. The molecule has 1 N–H and O–H groups in total. The van der Waals surface area contributed by atoms with Crippen LogP contribution < -0.4 is 5.32 Å². The van der Waals surface area contributed by atoms with E-state index in [1.165, 1.54) is 5.56 Å². The highest BCUT2D eigenvalue weighted by Crippen LogP contribution is 2.18. The lowest BCUT2D eigenvalue weighted by Crippen LogP contribution is -1.96. The minimum Gasteiger partial charge on any atom is -0.384 e. The van der Waals surface area contributed by atoms with Gasteiger partial charge in [0.1, 0.15) is 0 Å². The molecule has 0 amide bonds. The molecule has 1 aromatic heterocycles. The molecule has 0 bridgehead atoms. The molecular formula is C14H16N2. The largest absolute Gasteiger partial charge is 0.384 e. The number of hydrogen-bond acceptors (Lipinski definition) is 2. The summed E-state index contributed by atoms with van der Waals surface area (Å²) in [5.41, 5.74) is 4.52.